The van der Waals surface area contributed by atoms with Gasteiger partial charge in [-0.05, 0) is 18.6 Å². The zero-order valence-corrected chi connectivity index (χ0v) is 12.2. The Morgan fingerprint density at radius 1 is 1.43 bits per heavy atom. The molecule has 1 heterocycles. The lowest BCUT2D eigenvalue weighted by Crippen LogP contribution is -2.27. The summed E-state index contributed by atoms with van der Waals surface area (Å²) in [7, 11) is 1.90. The van der Waals surface area contributed by atoms with Gasteiger partial charge in [0.1, 0.15) is 5.82 Å². The van der Waals surface area contributed by atoms with E-state index in [1.807, 2.05) is 11.9 Å². The topological polar surface area (TPSA) is 64.2 Å². The van der Waals surface area contributed by atoms with Crippen LogP contribution in [0.5, 0.6) is 0 Å². The average Bonchev–Trinajstić information content (AvgIpc) is 2.44. The molecule has 0 fully saturated rings. The van der Waals surface area contributed by atoms with Gasteiger partial charge in [-0.1, -0.05) is 13.0 Å². The molecule has 0 aliphatic heterocycles. The first-order valence-corrected chi connectivity index (χ1v) is 6.84. The molecule has 0 aliphatic rings. The molecular formula is C15H19FN4O. The summed E-state index contributed by atoms with van der Waals surface area (Å²) in [6.07, 6.45) is 2.58. The Balaban J connectivity index is 2.28. The molecule has 0 aliphatic carbocycles. The molecule has 6 heteroatoms. The lowest BCUT2D eigenvalue weighted by molar-refractivity contribution is 0.573. The van der Waals surface area contributed by atoms with Crippen LogP contribution in [0.4, 0.5) is 15.8 Å². The van der Waals surface area contributed by atoms with Crippen molar-refractivity contribution in [2.75, 3.05) is 24.2 Å². The van der Waals surface area contributed by atoms with Gasteiger partial charge in [-0.15, -0.1) is 0 Å². The van der Waals surface area contributed by atoms with Crippen molar-refractivity contribution >= 4 is 11.4 Å². The molecule has 1 aromatic heterocycles. The largest absolute Gasteiger partial charge is 0.398 e. The molecule has 1 aromatic carbocycles. The minimum Gasteiger partial charge on any atom is -0.398 e. The molecule has 0 saturated heterocycles. The summed E-state index contributed by atoms with van der Waals surface area (Å²) in [5.41, 5.74) is 6.81. The molecule has 112 valence electrons. The first kappa shape index (κ1) is 15.0. The van der Waals surface area contributed by atoms with Crippen LogP contribution in [0.15, 0.2) is 35.3 Å². The second kappa shape index (κ2) is 6.39. The van der Waals surface area contributed by atoms with Crippen molar-refractivity contribution in [2.45, 2.75) is 19.9 Å². The molecule has 0 bridgehead atoms. The predicted molar refractivity (Wildman–Crippen MR) is 82.0 cm³/mol. The second-order valence-electron chi connectivity index (χ2n) is 4.94. The van der Waals surface area contributed by atoms with Crippen LogP contribution in [-0.4, -0.2) is 23.4 Å². The van der Waals surface area contributed by atoms with E-state index in [2.05, 4.69) is 12.0 Å². The van der Waals surface area contributed by atoms with Crippen LogP contribution in [0.3, 0.4) is 0 Å². The number of nitrogens with two attached hydrogens (primary N) is 1. The summed E-state index contributed by atoms with van der Waals surface area (Å²) in [6.45, 7) is 2.92. The number of rotatable bonds is 5. The van der Waals surface area contributed by atoms with E-state index in [1.165, 1.54) is 22.9 Å². The van der Waals surface area contributed by atoms with Gasteiger partial charge >= 0.3 is 0 Å². The summed E-state index contributed by atoms with van der Waals surface area (Å²) in [6, 6.07) is 5.96. The van der Waals surface area contributed by atoms with Crippen LogP contribution in [-0.2, 0) is 6.54 Å². The molecule has 0 radical (unpaired) electrons. The van der Waals surface area contributed by atoms with Gasteiger partial charge < -0.3 is 10.6 Å². The van der Waals surface area contributed by atoms with Gasteiger partial charge in [0.2, 0.25) is 0 Å². The smallest absolute Gasteiger partial charge is 0.269 e. The highest BCUT2D eigenvalue weighted by Crippen LogP contribution is 2.16. The Morgan fingerprint density at radius 3 is 2.81 bits per heavy atom. The van der Waals surface area contributed by atoms with E-state index in [0.29, 0.717) is 5.69 Å². The molecular weight excluding hydrogens is 271 g/mol. The summed E-state index contributed by atoms with van der Waals surface area (Å²) in [5.74, 6) is -0.434. The molecule has 2 N–H and O–H groups in total. The summed E-state index contributed by atoms with van der Waals surface area (Å²) < 4.78 is 15.0. The van der Waals surface area contributed by atoms with E-state index in [9.17, 15) is 9.18 Å². The first-order valence-electron chi connectivity index (χ1n) is 6.84. The highest BCUT2D eigenvalue weighted by Gasteiger charge is 2.10. The minimum absolute atomic E-state index is 0.0229. The van der Waals surface area contributed by atoms with E-state index >= 15 is 0 Å². The number of benzene rings is 1. The fourth-order valence-electron chi connectivity index (χ4n) is 2.11. The van der Waals surface area contributed by atoms with E-state index in [-0.39, 0.29) is 17.7 Å². The number of halogens is 1. The van der Waals surface area contributed by atoms with Crippen molar-refractivity contribution in [1.29, 1.82) is 0 Å². The SMILES string of the molecule is CCCN(C)c1cnn(Cc2c(N)cccc2F)c(=O)c1. The van der Waals surface area contributed by atoms with Crippen molar-refractivity contribution in [3.63, 3.8) is 0 Å². The second-order valence-corrected chi connectivity index (χ2v) is 4.94. The van der Waals surface area contributed by atoms with Gasteiger partial charge in [-0.2, -0.15) is 5.10 Å². The number of hydrogen-bond donors (Lipinski definition) is 1. The zero-order valence-electron chi connectivity index (χ0n) is 12.2. The van der Waals surface area contributed by atoms with Crippen molar-refractivity contribution in [3.8, 4) is 0 Å². The van der Waals surface area contributed by atoms with Gasteiger partial charge in [0.25, 0.3) is 5.56 Å². The quantitative estimate of drug-likeness (QED) is 0.854. The van der Waals surface area contributed by atoms with E-state index in [4.69, 9.17) is 5.73 Å². The van der Waals surface area contributed by atoms with Crippen molar-refractivity contribution in [3.05, 3.63) is 52.2 Å². The molecule has 0 unspecified atom stereocenters. The minimum atomic E-state index is -0.434. The van der Waals surface area contributed by atoms with Crippen LogP contribution in [0, 0.1) is 5.82 Å². The monoisotopic (exact) mass is 290 g/mol. The van der Waals surface area contributed by atoms with E-state index in [1.54, 1.807) is 12.3 Å². The number of aromatic nitrogens is 2. The predicted octanol–water partition coefficient (Wildman–Crippen LogP) is 1.86. The van der Waals surface area contributed by atoms with Crippen molar-refractivity contribution in [1.82, 2.24) is 9.78 Å². The van der Waals surface area contributed by atoms with Gasteiger partial charge in [0.05, 0.1) is 18.4 Å². The van der Waals surface area contributed by atoms with E-state index < -0.39 is 5.82 Å². The summed E-state index contributed by atoms with van der Waals surface area (Å²) in [4.78, 5) is 14.0. The van der Waals surface area contributed by atoms with Crippen LogP contribution in [0.1, 0.15) is 18.9 Å². The Labute approximate surface area is 122 Å². The maximum atomic E-state index is 13.7. The van der Waals surface area contributed by atoms with Gasteiger partial charge in [-0.3, -0.25) is 4.79 Å². The molecule has 0 atom stereocenters. The third-order valence-electron chi connectivity index (χ3n) is 3.32. The summed E-state index contributed by atoms with van der Waals surface area (Å²) in [5, 5.41) is 4.10. The van der Waals surface area contributed by atoms with Gasteiger partial charge in [0.15, 0.2) is 0 Å². The third kappa shape index (κ3) is 3.39. The van der Waals surface area contributed by atoms with Crippen LogP contribution in [0.25, 0.3) is 0 Å². The maximum absolute atomic E-state index is 13.7. The first-order chi connectivity index (χ1) is 10.0. The Bertz CT molecular complexity index is 663. The fourth-order valence-corrected chi connectivity index (χ4v) is 2.11. The normalized spacial score (nSPS) is 10.6. The van der Waals surface area contributed by atoms with Crippen LogP contribution < -0.4 is 16.2 Å². The van der Waals surface area contributed by atoms with Crippen LogP contribution >= 0.6 is 0 Å². The highest BCUT2D eigenvalue weighted by molar-refractivity contribution is 5.47. The molecule has 2 aromatic rings. The number of anilines is 2. The lowest BCUT2D eigenvalue weighted by Gasteiger charge is -2.18. The molecule has 0 spiro atoms. The Kier molecular flexibility index (Phi) is 4.57. The lowest BCUT2D eigenvalue weighted by atomic mass is 10.1. The number of nitrogen functional groups attached to an aromatic ring is 1. The zero-order chi connectivity index (χ0) is 15.4. The third-order valence-corrected chi connectivity index (χ3v) is 3.32. The fraction of sp³-hybridized carbons (Fsp3) is 0.333. The molecule has 2 rings (SSSR count). The Hall–Kier alpha value is -2.37. The average molecular weight is 290 g/mol. The van der Waals surface area contributed by atoms with Crippen LogP contribution in [0.2, 0.25) is 0 Å². The number of hydrogen-bond acceptors (Lipinski definition) is 4. The molecule has 21 heavy (non-hydrogen) atoms. The molecule has 0 saturated carbocycles. The summed E-state index contributed by atoms with van der Waals surface area (Å²) >= 11 is 0. The highest BCUT2D eigenvalue weighted by atomic mass is 19.1. The Morgan fingerprint density at radius 2 is 2.19 bits per heavy atom. The van der Waals surface area contributed by atoms with Gasteiger partial charge in [-0.25, -0.2) is 9.07 Å². The van der Waals surface area contributed by atoms with E-state index in [0.717, 1.165) is 18.7 Å². The molecule has 5 nitrogen and oxygen atoms in total. The number of nitrogens with zero attached hydrogens (tertiary/aromatic N) is 3. The maximum Gasteiger partial charge on any atom is 0.269 e. The van der Waals surface area contributed by atoms with Crippen molar-refractivity contribution in [2.24, 2.45) is 0 Å². The van der Waals surface area contributed by atoms with Gasteiger partial charge in [0, 0.05) is 30.9 Å². The standard InChI is InChI=1S/C15H19FN4O/c1-3-7-19(2)11-8-15(21)20(18-9-11)10-12-13(16)5-4-6-14(12)17/h4-6,8-9H,3,7,10,17H2,1-2H3. The van der Waals surface area contributed by atoms with Crippen molar-refractivity contribution < 1.29 is 4.39 Å². The molecule has 0 amide bonds.